The SMILES string of the molecule is [O-]C1(c2ccccn2)Nc2ccncc2N=C1c1ccccn1. The van der Waals surface area contributed by atoms with E-state index in [1.54, 1.807) is 61.2 Å². The van der Waals surface area contributed by atoms with Crippen molar-refractivity contribution in [1.29, 1.82) is 0 Å². The molecule has 23 heavy (non-hydrogen) atoms. The highest BCUT2D eigenvalue weighted by atomic mass is 16.3. The highest BCUT2D eigenvalue weighted by Crippen LogP contribution is 2.35. The van der Waals surface area contributed by atoms with Crippen molar-refractivity contribution >= 4 is 17.1 Å². The number of nitrogens with zero attached hydrogens (tertiary/aromatic N) is 4. The van der Waals surface area contributed by atoms with Crippen molar-refractivity contribution in [2.45, 2.75) is 5.72 Å². The van der Waals surface area contributed by atoms with E-state index in [0.29, 0.717) is 22.8 Å². The van der Waals surface area contributed by atoms with E-state index in [-0.39, 0.29) is 5.71 Å². The molecule has 0 amide bonds. The van der Waals surface area contributed by atoms with Crippen LogP contribution in [0.3, 0.4) is 0 Å². The molecule has 6 nitrogen and oxygen atoms in total. The average Bonchev–Trinajstić information content (AvgIpc) is 2.62. The Morgan fingerprint density at radius 1 is 0.913 bits per heavy atom. The van der Waals surface area contributed by atoms with Crippen LogP contribution in [0.1, 0.15) is 11.4 Å². The van der Waals surface area contributed by atoms with Crippen molar-refractivity contribution in [2.24, 2.45) is 4.99 Å². The molecule has 0 spiro atoms. The van der Waals surface area contributed by atoms with Crippen molar-refractivity contribution in [2.75, 3.05) is 5.32 Å². The van der Waals surface area contributed by atoms with Gasteiger partial charge in [0.05, 0.1) is 29.0 Å². The molecule has 1 aliphatic heterocycles. The molecule has 1 N–H and O–H groups in total. The predicted molar refractivity (Wildman–Crippen MR) is 84.2 cm³/mol. The maximum atomic E-state index is 13.7. The molecule has 0 aromatic carbocycles. The molecule has 4 rings (SSSR count). The summed E-state index contributed by atoms with van der Waals surface area (Å²) in [5, 5.41) is 16.7. The van der Waals surface area contributed by atoms with Crippen LogP contribution in [-0.4, -0.2) is 20.7 Å². The zero-order valence-electron chi connectivity index (χ0n) is 12.0. The summed E-state index contributed by atoms with van der Waals surface area (Å²) in [5.41, 5.74) is 0.541. The standard InChI is InChI=1S/C17H12N5O/c23-17(15-6-2-4-9-20-15)16(13-5-1-3-8-19-13)21-14-11-18-10-7-12(14)22-17/h1-11,22H/q-1. The molecule has 0 saturated heterocycles. The van der Waals surface area contributed by atoms with Gasteiger partial charge in [0.15, 0.2) is 0 Å². The van der Waals surface area contributed by atoms with Crippen molar-refractivity contribution in [3.8, 4) is 0 Å². The average molecular weight is 302 g/mol. The quantitative estimate of drug-likeness (QED) is 0.777. The van der Waals surface area contributed by atoms with E-state index in [0.717, 1.165) is 0 Å². The van der Waals surface area contributed by atoms with E-state index < -0.39 is 5.72 Å². The van der Waals surface area contributed by atoms with Crippen LogP contribution in [0.25, 0.3) is 0 Å². The van der Waals surface area contributed by atoms with Crippen molar-refractivity contribution in [3.05, 3.63) is 78.6 Å². The van der Waals surface area contributed by atoms with Crippen molar-refractivity contribution in [3.63, 3.8) is 0 Å². The Morgan fingerprint density at radius 3 is 2.48 bits per heavy atom. The Hall–Kier alpha value is -3.12. The van der Waals surface area contributed by atoms with Gasteiger partial charge >= 0.3 is 0 Å². The van der Waals surface area contributed by atoms with Crippen LogP contribution in [0.4, 0.5) is 11.4 Å². The number of anilines is 1. The summed E-state index contributed by atoms with van der Waals surface area (Å²) < 4.78 is 0. The van der Waals surface area contributed by atoms with E-state index in [9.17, 15) is 5.11 Å². The van der Waals surface area contributed by atoms with Crippen molar-refractivity contribution in [1.82, 2.24) is 15.0 Å². The maximum Gasteiger partial charge on any atom is 0.105 e. The van der Waals surface area contributed by atoms with Crippen LogP contribution in [0.5, 0.6) is 0 Å². The first-order chi connectivity index (χ1) is 11.3. The number of hydrogen-bond donors (Lipinski definition) is 1. The third-order valence-electron chi connectivity index (χ3n) is 3.61. The topological polar surface area (TPSA) is 86.1 Å². The summed E-state index contributed by atoms with van der Waals surface area (Å²) in [6.07, 6.45) is 6.46. The summed E-state index contributed by atoms with van der Waals surface area (Å²) in [7, 11) is 0. The molecule has 6 heteroatoms. The smallest absolute Gasteiger partial charge is 0.105 e. The first-order valence-electron chi connectivity index (χ1n) is 7.12. The van der Waals surface area contributed by atoms with E-state index in [1.165, 1.54) is 0 Å². The number of nitrogens with one attached hydrogen (secondary N) is 1. The van der Waals surface area contributed by atoms with Gasteiger partial charge in [-0.15, -0.1) is 0 Å². The molecule has 1 aliphatic rings. The fourth-order valence-corrected chi connectivity index (χ4v) is 2.53. The lowest BCUT2D eigenvalue weighted by Crippen LogP contribution is -2.56. The van der Waals surface area contributed by atoms with Crippen LogP contribution in [0.2, 0.25) is 0 Å². The van der Waals surface area contributed by atoms with Gasteiger partial charge in [-0.25, -0.2) is 4.99 Å². The summed E-state index contributed by atoms with van der Waals surface area (Å²) in [5.74, 6) is 0. The lowest BCUT2D eigenvalue weighted by atomic mass is 9.96. The molecule has 3 aromatic rings. The number of hydrogen-bond acceptors (Lipinski definition) is 6. The van der Waals surface area contributed by atoms with Crippen molar-refractivity contribution < 1.29 is 5.11 Å². The second kappa shape index (κ2) is 5.26. The summed E-state index contributed by atoms with van der Waals surface area (Å²) in [6.45, 7) is 0. The molecule has 112 valence electrons. The number of aliphatic imine (C=N–C) groups is 1. The Kier molecular flexibility index (Phi) is 3.09. The Morgan fingerprint density at radius 2 is 1.74 bits per heavy atom. The van der Waals surface area contributed by atoms with Gasteiger partial charge < -0.3 is 10.4 Å². The van der Waals surface area contributed by atoms with Gasteiger partial charge in [-0.1, -0.05) is 12.1 Å². The largest absolute Gasteiger partial charge is 0.824 e. The van der Waals surface area contributed by atoms with E-state index in [2.05, 4.69) is 25.3 Å². The molecular weight excluding hydrogens is 290 g/mol. The monoisotopic (exact) mass is 302 g/mol. The highest BCUT2D eigenvalue weighted by molar-refractivity contribution is 6.10. The van der Waals surface area contributed by atoms with Gasteiger partial charge in [-0.2, -0.15) is 0 Å². The molecule has 0 fully saturated rings. The Bertz CT molecular complexity index is 866. The van der Waals surface area contributed by atoms with Gasteiger partial charge in [-0.3, -0.25) is 15.0 Å². The van der Waals surface area contributed by atoms with Crippen LogP contribution in [-0.2, 0) is 5.72 Å². The summed E-state index contributed by atoms with van der Waals surface area (Å²) in [6, 6.07) is 12.3. The first kappa shape index (κ1) is 13.5. The first-order valence-corrected chi connectivity index (χ1v) is 7.12. The highest BCUT2D eigenvalue weighted by Gasteiger charge is 2.33. The van der Waals surface area contributed by atoms with E-state index >= 15 is 0 Å². The molecule has 1 atom stereocenters. The number of aromatic nitrogens is 3. The summed E-state index contributed by atoms with van der Waals surface area (Å²) >= 11 is 0. The molecule has 0 saturated carbocycles. The fraction of sp³-hybridized carbons (Fsp3) is 0.0588. The molecule has 1 unspecified atom stereocenters. The Labute approximate surface area is 132 Å². The number of fused-ring (bicyclic) bond motifs is 1. The lowest BCUT2D eigenvalue weighted by Gasteiger charge is -2.44. The molecule has 4 heterocycles. The fourth-order valence-electron chi connectivity index (χ4n) is 2.53. The second-order valence-electron chi connectivity index (χ2n) is 5.09. The van der Waals surface area contributed by atoms with Gasteiger partial charge in [-0.05, 0) is 30.3 Å². The molecule has 0 bridgehead atoms. The minimum absolute atomic E-state index is 0.275. The number of pyridine rings is 3. The molecule has 0 radical (unpaired) electrons. The zero-order chi connectivity index (χ0) is 15.7. The van der Waals surface area contributed by atoms with Gasteiger partial charge in [0.1, 0.15) is 5.69 Å². The Balaban J connectivity index is 1.95. The van der Waals surface area contributed by atoms with Gasteiger partial charge in [0, 0.05) is 24.3 Å². The molecule has 0 aliphatic carbocycles. The zero-order valence-corrected chi connectivity index (χ0v) is 12.0. The van der Waals surface area contributed by atoms with Crippen LogP contribution < -0.4 is 10.4 Å². The third kappa shape index (κ3) is 2.25. The van der Waals surface area contributed by atoms with Crippen LogP contribution in [0, 0.1) is 0 Å². The van der Waals surface area contributed by atoms with Crippen LogP contribution >= 0.6 is 0 Å². The second-order valence-corrected chi connectivity index (χ2v) is 5.09. The van der Waals surface area contributed by atoms with E-state index in [4.69, 9.17) is 0 Å². The van der Waals surface area contributed by atoms with Gasteiger partial charge in [0.2, 0.25) is 0 Å². The predicted octanol–water partition coefficient (Wildman–Crippen LogP) is 1.63. The van der Waals surface area contributed by atoms with Gasteiger partial charge in [0.25, 0.3) is 0 Å². The van der Waals surface area contributed by atoms with Crippen LogP contribution in [0.15, 0.2) is 72.2 Å². The third-order valence-corrected chi connectivity index (χ3v) is 3.61. The summed E-state index contributed by atoms with van der Waals surface area (Å²) in [4.78, 5) is 17.1. The van der Waals surface area contributed by atoms with E-state index in [1.807, 2.05) is 6.07 Å². The minimum Gasteiger partial charge on any atom is -0.824 e. The molecular formula is C17H12N5O-. The maximum absolute atomic E-state index is 13.7. The minimum atomic E-state index is -1.82. The lowest BCUT2D eigenvalue weighted by molar-refractivity contribution is -0.449. The number of rotatable bonds is 2. The normalized spacial score (nSPS) is 19.4. The molecule has 3 aromatic heterocycles.